The van der Waals surface area contributed by atoms with Gasteiger partial charge < -0.3 is 9.84 Å². The Bertz CT molecular complexity index is 1000. The molecule has 0 aliphatic heterocycles. The summed E-state index contributed by atoms with van der Waals surface area (Å²) < 4.78 is 4.96. The molecule has 0 spiro atoms. The van der Waals surface area contributed by atoms with Crippen LogP contribution in [0.15, 0.2) is 47.6 Å². The predicted molar refractivity (Wildman–Crippen MR) is 105 cm³/mol. The maximum atomic E-state index is 11.0. The van der Waals surface area contributed by atoms with Crippen molar-refractivity contribution in [3.05, 3.63) is 63.0 Å². The summed E-state index contributed by atoms with van der Waals surface area (Å²) in [5.74, 6) is -0.516. The standard InChI is InChI=1S/C18H16N4O4S/c1-11-16(13-6-4-3-5-7-13)20-18(27-11)21-19-10-12-8-14(22(24)25)17(23)15(9-12)26-2/h3-10,23H,1-2H3,(H,20,21)/b19-10+. The van der Waals surface area contributed by atoms with E-state index in [2.05, 4.69) is 15.5 Å². The Balaban J connectivity index is 1.80. The number of aromatic hydroxyl groups is 1. The summed E-state index contributed by atoms with van der Waals surface area (Å²) in [6.45, 7) is 1.98. The van der Waals surface area contributed by atoms with Crippen LogP contribution in [0.4, 0.5) is 10.8 Å². The van der Waals surface area contributed by atoms with Crippen molar-refractivity contribution in [2.24, 2.45) is 5.10 Å². The molecule has 0 saturated carbocycles. The van der Waals surface area contributed by atoms with Crippen LogP contribution in [0.5, 0.6) is 11.5 Å². The number of nitrogens with zero attached hydrogens (tertiary/aromatic N) is 3. The van der Waals surface area contributed by atoms with Crippen molar-refractivity contribution in [2.45, 2.75) is 6.92 Å². The number of anilines is 1. The van der Waals surface area contributed by atoms with E-state index in [0.29, 0.717) is 10.7 Å². The summed E-state index contributed by atoms with van der Waals surface area (Å²) in [5, 5.41) is 25.5. The number of hydrogen-bond acceptors (Lipinski definition) is 8. The van der Waals surface area contributed by atoms with Crippen LogP contribution in [0.3, 0.4) is 0 Å². The molecule has 0 atom stereocenters. The molecule has 2 N–H and O–H groups in total. The van der Waals surface area contributed by atoms with E-state index < -0.39 is 16.4 Å². The van der Waals surface area contributed by atoms with Crippen molar-refractivity contribution in [1.82, 2.24) is 4.98 Å². The van der Waals surface area contributed by atoms with Gasteiger partial charge in [-0.25, -0.2) is 4.98 Å². The van der Waals surface area contributed by atoms with Crippen LogP contribution in [0.2, 0.25) is 0 Å². The van der Waals surface area contributed by atoms with E-state index in [-0.39, 0.29) is 5.75 Å². The number of hydrazone groups is 1. The van der Waals surface area contributed by atoms with Gasteiger partial charge in [0.15, 0.2) is 5.75 Å². The third kappa shape index (κ3) is 4.04. The van der Waals surface area contributed by atoms with Crippen molar-refractivity contribution in [3.8, 4) is 22.8 Å². The number of aromatic nitrogens is 1. The van der Waals surface area contributed by atoms with Gasteiger partial charge in [-0.15, -0.1) is 11.3 Å². The lowest BCUT2D eigenvalue weighted by atomic mass is 10.1. The van der Waals surface area contributed by atoms with E-state index in [1.54, 1.807) is 0 Å². The predicted octanol–water partition coefficient (Wildman–Crippen LogP) is 4.19. The van der Waals surface area contributed by atoms with E-state index >= 15 is 0 Å². The number of nitro benzene ring substituents is 1. The number of hydrogen-bond donors (Lipinski definition) is 2. The fourth-order valence-corrected chi connectivity index (χ4v) is 3.24. The molecule has 0 aliphatic rings. The lowest BCUT2D eigenvalue weighted by Gasteiger charge is -2.04. The summed E-state index contributed by atoms with van der Waals surface area (Å²) in [7, 11) is 1.32. The van der Waals surface area contributed by atoms with Crippen LogP contribution in [0.25, 0.3) is 11.3 Å². The molecule has 1 heterocycles. The molecular weight excluding hydrogens is 368 g/mol. The molecule has 2 aromatic carbocycles. The summed E-state index contributed by atoms with van der Waals surface area (Å²) in [6, 6.07) is 12.5. The number of ether oxygens (including phenoxy) is 1. The number of phenolic OH excluding ortho intramolecular Hbond substituents is 1. The Labute approximate surface area is 158 Å². The number of nitrogens with one attached hydrogen (secondary N) is 1. The minimum absolute atomic E-state index is 0.00195. The molecule has 3 rings (SSSR count). The molecule has 27 heavy (non-hydrogen) atoms. The second-order valence-corrected chi connectivity index (χ2v) is 6.71. The quantitative estimate of drug-likeness (QED) is 0.375. The Morgan fingerprint density at radius 3 is 2.74 bits per heavy atom. The van der Waals surface area contributed by atoms with E-state index in [1.807, 2.05) is 37.3 Å². The molecule has 0 aliphatic carbocycles. The van der Waals surface area contributed by atoms with Gasteiger partial charge in [-0.05, 0) is 13.0 Å². The summed E-state index contributed by atoms with van der Waals surface area (Å²) >= 11 is 1.45. The zero-order valence-electron chi connectivity index (χ0n) is 14.5. The summed E-state index contributed by atoms with van der Waals surface area (Å²) in [4.78, 5) is 15.9. The van der Waals surface area contributed by atoms with Crippen LogP contribution >= 0.6 is 11.3 Å². The zero-order chi connectivity index (χ0) is 19.4. The highest BCUT2D eigenvalue weighted by Gasteiger charge is 2.19. The Morgan fingerprint density at radius 1 is 1.33 bits per heavy atom. The van der Waals surface area contributed by atoms with Gasteiger partial charge in [-0.2, -0.15) is 5.10 Å². The van der Waals surface area contributed by atoms with Crippen LogP contribution < -0.4 is 10.2 Å². The first-order valence-corrected chi connectivity index (χ1v) is 8.68. The normalized spacial score (nSPS) is 10.9. The Hall–Kier alpha value is -3.46. The number of benzene rings is 2. The molecule has 9 heteroatoms. The van der Waals surface area contributed by atoms with Gasteiger partial charge in [0.05, 0.1) is 23.9 Å². The molecule has 3 aromatic rings. The Kier molecular flexibility index (Phi) is 5.32. The minimum atomic E-state index is -0.682. The van der Waals surface area contributed by atoms with Gasteiger partial charge in [0.1, 0.15) is 0 Å². The molecule has 0 unspecified atom stereocenters. The molecule has 0 radical (unpaired) electrons. The highest BCUT2D eigenvalue weighted by Crippen LogP contribution is 2.36. The monoisotopic (exact) mass is 384 g/mol. The molecule has 0 saturated heterocycles. The number of phenols is 1. The van der Waals surface area contributed by atoms with Gasteiger partial charge in [0, 0.05) is 22.1 Å². The number of aryl methyl sites for hydroxylation is 1. The minimum Gasteiger partial charge on any atom is -0.500 e. The molecule has 0 bridgehead atoms. The maximum absolute atomic E-state index is 11.0. The summed E-state index contributed by atoms with van der Waals surface area (Å²) in [5.41, 5.74) is 4.67. The topological polar surface area (TPSA) is 110 Å². The first-order chi connectivity index (χ1) is 13.0. The van der Waals surface area contributed by atoms with E-state index in [4.69, 9.17) is 4.74 Å². The van der Waals surface area contributed by atoms with Crippen molar-refractivity contribution < 1.29 is 14.8 Å². The fraction of sp³-hybridized carbons (Fsp3) is 0.111. The van der Waals surface area contributed by atoms with E-state index in [1.165, 1.54) is 36.8 Å². The van der Waals surface area contributed by atoms with Crippen LogP contribution in [0.1, 0.15) is 10.4 Å². The van der Waals surface area contributed by atoms with Crippen molar-refractivity contribution in [1.29, 1.82) is 0 Å². The molecule has 0 amide bonds. The molecule has 8 nitrogen and oxygen atoms in total. The third-order valence-corrected chi connectivity index (χ3v) is 4.59. The van der Waals surface area contributed by atoms with E-state index in [0.717, 1.165) is 16.1 Å². The molecule has 1 aromatic heterocycles. The zero-order valence-corrected chi connectivity index (χ0v) is 15.4. The van der Waals surface area contributed by atoms with Crippen LogP contribution in [-0.2, 0) is 0 Å². The molecular formula is C18H16N4O4S. The molecule has 138 valence electrons. The largest absolute Gasteiger partial charge is 0.500 e. The van der Waals surface area contributed by atoms with Crippen molar-refractivity contribution in [2.75, 3.05) is 12.5 Å². The second-order valence-electron chi connectivity index (χ2n) is 5.51. The van der Waals surface area contributed by atoms with E-state index in [9.17, 15) is 15.2 Å². The highest BCUT2D eigenvalue weighted by atomic mass is 32.1. The lowest BCUT2D eigenvalue weighted by molar-refractivity contribution is -0.386. The Morgan fingerprint density at radius 2 is 2.07 bits per heavy atom. The summed E-state index contributed by atoms with van der Waals surface area (Å²) in [6.07, 6.45) is 1.40. The van der Waals surface area contributed by atoms with Crippen molar-refractivity contribution >= 4 is 28.4 Å². The van der Waals surface area contributed by atoms with Gasteiger partial charge in [-0.1, -0.05) is 30.3 Å². The second kappa shape index (κ2) is 7.83. The molecule has 0 fully saturated rings. The van der Waals surface area contributed by atoms with Gasteiger partial charge in [0.2, 0.25) is 10.9 Å². The van der Waals surface area contributed by atoms with Crippen LogP contribution in [0, 0.1) is 17.0 Å². The number of nitro groups is 1. The first kappa shape index (κ1) is 18.3. The number of methoxy groups -OCH3 is 1. The first-order valence-electron chi connectivity index (χ1n) is 7.87. The third-order valence-electron chi connectivity index (χ3n) is 3.71. The average molecular weight is 384 g/mol. The lowest BCUT2D eigenvalue weighted by Crippen LogP contribution is -1.96. The average Bonchev–Trinajstić information content (AvgIpc) is 3.03. The SMILES string of the molecule is COc1cc(/C=N/Nc2nc(-c3ccccc3)c(C)s2)cc([N+](=O)[O-])c1O. The van der Waals surface area contributed by atoms with Crippen molar-refractivity contribution in [3.63, 3.8) is 0 Å². The van der Waals surface area contributed by atoms with Gasteiger partial charge in [-0.3, -0.25) is 15.5 Å². The highest BCUT2D eigenvalue weighted by molar-refractivity contribution is 7.15. The van der Waals surface area contributed by atoms with Gasteiger partial charge in [0.25, 0.3) is 0 Å². The smallest absolute Gasteiger partial charge is 0.315 e. The van der Waals surface area contributed by atoms with Crippen LogP contribution in [-0.4, -0.2) is 28.3 Å². The fourth-order valence-electron chi connectivity index (χ4n) is 2.45. The number of rotatable bonds is 6. The number of thiazole rings is 1. The van der Waals surface area contributed by atoms with Gasteiger partial charge >= 0.3 is 5.69 Å². The maximum Gasteiger partial charge on any atom is 0.315 e.